The van der Waals surface area contributed by atoms with E-state index in [1.165, 1.54) is 66.3 Å². The SMILES string of the molecule is CC(C)[C@H](NC(=O)CCOCCN1C(=O)C=CC1=O)C(=O)N[C@@H](CCCNC(N)=O)C(=O)Nc1ccc(C[N+]2(C)CCN(CCOc3ccc(-c4c(-c5ccc(F)cc5)sc5ncnc(O[C@H](Cc6ccccc6OCc6ccnc(-c7cccc(S(=O)(=O)[O-])c7)n6)C(=O)O)c45)cc3)CC2)cc1. The van der Waals surface area contributed by atoms with Gasteiger partial charge in [-0.2, -0.15) is 0 Å². The summed E-state index contributed by atoms with van der Waals surface area (Å²) in [6.45, 7) is 8.77. The molecule has 1 saturated heterocycles. The summed E-state index contributed by atoms with van der Waals surface area (Å²) < 4.78 is 74.6. The van der Waals surface area contributed by atoms with E-state index in [9.17, 15) is 56.0 Å². The highest BCUT2D eigenvalue weighted by atomic mass is 32.2. The number of carboxylic acid groups (broad SMARTS) is 1. The number of thiophene rings is 1. The minimum absolute atomic E-state index is 0.0126. The summed E-state index contributed by atoms with van der Waals surface area (Å²) in [5, 5.41) is 22.1. The van der Waals surface area contributed by atoms with E-state index in [-0.39, 0.29) is 69.8 Å². The van der Waals surface area contributed by atoms with Gasteiger partial charge < -0.3 is 60.1 Å². The number of imide groups is 1. The van der Waals surface area contributed by atoms with Crippen molar-refractivity contribution in [3.05, 3.63) is 175 Å². The van der Waals surface area contributed by atoms with E-state index in [4.69, 9.17) is 24.7 Å². The predicted molar refractivity (Wildman–Crippen MR) is 374 cm³/mol. The van der Waals surface area contributed by atoms with E-state index in [1.807, 2.05) is 36.4 Å². The Morgan fingerprint density at radius 1 is 0.804 bits per heavy atom. The van der Waals surface area contributed by atoms with Crippen LogP contribution in [-0.4, -0.2) is 185 Å². The van der Waals surface area contributed by atoms with Gasteiger partial charge in [-0.05, 0) is 96.1 Å². The Kier molecular flexibility index (Phi) is 24.8. The molecule has 5 heterocycles. The average Bonchev–Trinajstić information content (AvgIpc) is 1.60. The number of halogens is 1. The van der Waals surface area contributed by atoms with Crippen LogP contribution in [0.5, 0.6) is 17.4 Å². The van der Waals surface area contributed by atoms with Crippen molar-refractivity contribution in [2.24, 2.45) is 11.7 Å². The van der Waals surface area contributed by atoms with Gasteiger partial charge in [0.25, 0.3) is 11.8 Å². The minimum atomic E-state index is -4.73. The number of carbonyl (C=O) groups is 7. The van der Waals surface area contributed by atoms with E-state index in [0.717, 1.165) is 52.5 Å². The lowest BCUT2D eigenvalue weighted by Gasteiger charge is -2.42. The fourth-order valence-corrected chi connectivity index (χ4v) is 13.3. The number of piperazine rings is 1. The van der Waals surface area contributed by atoms with Crippen molar-refractivity contribution in [2.75, 3.05) is 78.0 Å². The van der Waals surface area contributed by atoms with Crippen LogP contribution in [0.2, 0.25) is 0 Å². The summed E-state index contributed by atoms with van der Waals surface area (Å²) >= 11 is 1.32. The number of urea groups is 1. The first-order chi connectivity index (χ1) is 48.9. The second kappa shape index (κ2) is 34.2. The van der Waals surface area contributed by atoms with E-state index in [0.29, 0.717) is 80.5 Å². The molecule has 1 fully saturated rings. The number of quaternary nitrogens is 1. The topological polar surface area (TPSA) is 366 Å². The number of rotatable bonds is 34. The van der Waals surface area contributed by atoms with Crippen LogP contribution < -0.4 is 41.2 Å². The van der Waals surface area contributed by atoms with Gasteiger partial charge in [-0.1, -0.05) is 80.6 Å². The largest absolute Gasteiger partial charge is 0.744 e. The number of para-hydroxylation sites is 1. The van der Waals surface area contributed by atoms with Gasteiger partial charge in [-0.25, -0.2) is 42.3 Å². The molecule has 10 rings (SSSR count). The number of nitrogens with one attached hydrogen (secondary N) is 4. The van der Waals surface area contributed by atoms with E-state index < -0.39 is 80.6 Å². The van der Waals surface area contributed by atoms with E-state index >= 15 is 0 Å². The smallest absolute Gasteiger partial charge is 0.345 e. The second-order valence-corrected chi connectivity index (χ2v) is 27.4. The van der Waals surface area contributed by atoms with E-state index in [1.54, 1.807) is 74.5 Å². The molecule has 0 radical (unpaired) electrons. The Labute approximate surface area is 591 Å². The maximum absolute atomic E-state index is 14.4. The molecule has 5 aromatic carbocycles. The lowest BCUT2D eigenvalue weighted by molar-refractivity contribution is -0.926. The molecular weight excluding hydrogens is 1360 g/mol. The molecule has 0 aliphatic carbocycles. The fourth-order valence-electron chi connectivity index (χ4n) is 11.6. The third-order valence-corrected chi connectivity index (χ3v) is 19.1. The van der Waals surface area contributed by atoms with Crippen molar-refractivity contribution in [1.82, 2.24) is 45.7 Å². The molecule has 0 unspecified atom stereocenters. The lowest BCUT2D eigenvalue weighted by Crippen LogP contribution is -2.57. The summed E-state index contributed by atoms with van der Waals surface area (Å²) in [4.78, 5) is 111. The number of aromatic nitrogens is 4. The predicted octanol–water partition coefficient (Wildman–Crippen LogP) is 6.86. The number of hydrogen-bond acceptors (Lipinski definition) is 20. The minimum Gasteiger partial charge on any atom is -0.744 e. The second-order valence-electron chi connectivity index (χ2n) is 25.0. The molecule has 2 aliphatic rings. The van der Waals surface area contributed by atoms with Crippen molar-refractivity contribution in [3.63, 3.8) is 0 Å². The van der Waals surface area contributed by atoms with Gasteiger partial charge in [-0.15, -0.1) is 11.3 Å². The van der Waals surface area contributed by atoms with Gasteiger partial charge in [-0.3, -0.25) is 33.8 Å². The number of benzene rings is 5. The summed E-state index contributed by atoms with van der Waals surface area (Å²) in [5.74, 6) is -3.36. The molecule has 534 valence electrons. The van der Waals surface area contributed by atoms with Gasteiger partial charge in [0.05, 0.1) is 55.9 Å². The van der Waals surface area contributed by atoms with Crippen molar-refractivity contribution in [3.8, 4) is 50.3 Å². The van der Waals surface area contributed by atoms with Gasteiger partial charge in [0.15, 0.2) is 5.82 Å². The number of carboxylic acids is 1. The lowest BCUT2D eigenvalue weighted by atomic mass is 9.99. The molecule has 30 heteroatoms. The first kappa shape index (κ1) is 74.1. The highest BCUT2D eigenvalue weighted by molar-refractivity contribution is 7.85. The normalized spacial score (nSPS) is 14.6. The first-order valence-electron chi connectivity index (χ1n) is 32.9. The summed E-state index contributed by atoms with van der Waals surface area (Å²) in [7, 11) is -2.52. The van der Waals surface area contributed by atoms with Crippen LogP contribution in [0, 0.1) is 11.7 Å². The van der Waals surface area contributed by atoms with Crippen LogP contribution in [0.15, 0.2) is 157 Å². The van der Waals surface area contributed by atoms with Gasteiger partial charge in [0.2, 0.25) is 29.7 Å². The Morgan fingerprint density at radius 2 is 1.53 bits per heavy atom. The summed E-state index contributed by atoms with van der Waals surface area (Å²) in [6.07, 6.45) is 3.82. The van der Waals surface area contributed by atoms with Gasteiger partial charge in [0.1, 0.15) is 70.4 Å². The molecule has 8 aromatic rings. The molecule has 3 aromatic heterocycles. The quantitative estimate of drug-likeness (QED) is 0.0104. The maximum Gasteiger partial charge on any atom is 0.345 e. The van der Waals surface area contributed by atoms with Crippen molar-refractivity contribution >= 4 is 78.9 Å². The monoisotopic (exact) mass is 1430 g/mol. The number of ether oxygens (including phenoxy) is 4. The molecule has 7 N–H and O–H groups in total. The van der Waals surface area contributed by atoms with Crippen molar-refractivity contribution in [2.45, 2.75) is 75.8 Å². The van der Waals surface area contributed by atoms with Crippen LogP contribution in [-0.2, 0) is 63.2 Å². The molecule has 2 aliphatic heterocycles. The Hall–Kier alpha value is -10.6. The number of likely N-dealkylation sites (N-methyl/N-ethyl adjacent to an activating group) is 1. The molecular formula is C72H77FN12O15S2. The standard InChI is InChI=1S/C72H77FN12O15S2/c1-45(2)64(82-59(86)28-37-97-38-34-84-60(87)25-26-61(84)88)68(90)81-56(11-7-29-76-72(74)93)67(89)80-52-21-13-46(14-22-52)42-85(3)35-31-83(32-36-85)33-39-98-54-23-17-47(18-24-54)62-63-69(77-44-78-70(63)101-65(62)48-15-19-51(73)20-16-48)100-58(71(91)92)41-49-8-4-5-12-57(49)99-43-53-27-30-75-66(79-53)50-9-6-10-55(40-50)102(94,95)96/h4-6,8-10,12-27,30,40,44-45,56,58,64H,7,11,28-29,31-39,41-43H2,1-3H3,(H7-,74,76,80,81,82,86,89,90,91,92,93,94,95,96)/t56-,58+,64-/m0/s1. The van der Waals surface area contributed by atoms with Crippen molar-refractivity contribution < 1.29 is 79.5 Å². The number of carbonyl (C=O) groups excluding carboxylic acids is 6. The third kappa shape index (κ3) is 20.1. The number of nitrogens with two attached hydrogens (primary N) is 1. The van der Waals surface area contributed by atoms with Gasteiger partial charge in [0, 0.05) is 84.6 Å². The number of aliphatic carboxylic acids is 1. The molecule has 27 nitrogen and oxygen atoms in total. The van der Waals surface area contributed by atoms with Crippen LogP contribution in [0.1, 0.15) is 49.9 Å². The molecule has 3 atom stereocenters. The molecule has 102 heavy (non-hydrogen) atoms. The van der Waals surface area contributed by atoms with Crippen LogP contribution >= 0.6 is 11.3 Å². The fraction of sp³-hybridized carbons (Fsp3) is 0.319. The third-order valence-electron chi connectivity index (χ3n) is 17.2. The zero-order valence-electron chi connectivity index (χ0n) is 56.1. The highest BCUT2D eigenvalue weighted by Gasteiger charge is 2.33. The Bertz CT molecular complexity index is 4460. The number of hydrogen-bond donors (Lipinski definition) is 6. The Balaban J connectivity index is 0.725. The van der Waals surface area contributed by atoms with Crippen LogP contribution in [0.4, 0.5) is 14.9 Å². The zero-order valence-corrected chi connectivity index (χ0v) is 57.8. The maximum atomic E-state index is 14.4. The number of anilines is 1. The van der Waals surface area contributed by atoms with Crippen molar-refractivity contribution in [1.29, 1.82) is 0 Å². The van der Waals surface area contributed by atoms with E-state index in [2.05, 4.69) is 53.2 Å². The zero-order chi connectivity index (χ0) is 72.5. The molecule has 0 saturated carbocycles. The van der Waals surface area contributed by atoms with Gasteiger partial charge >= 0.3 is 12.0 Å². The highest BCUT2D eigenvalue weighted by Crippen LogP contribution is 2.47. The Morgan fingerprint density at radius 3 is 2.24 bits per heavy atom. The molecule has 0 bridgehead atoms. The number of nitrogens with zero attached hydrogens (tertiary/aromatic N) is 7. The van der Waals surface area contributed by atoms with Crippen LogP contribution in [0.3, 0.4) is 0 Å². The first-order valence-corrected chi connectivity index (χ1v) is 35.1. The van der Waals surface area contributed by atoms with Crippen LogP contribution in [0.25, 0.3) is 43.2 Å². The molecule has 0 spiro atoms. The summed E-state index contributed by atoms with van der Waals surface area (Å²) in [5.41, 5.74) is 10.1. The summed E-state index contributed by atoms with van der Waals surface area (Å²) in [6, 6.07) is 32.1. The number of primary amides is 1. The average molecular weight is 1430 g/mol. The molecule has 7 amide bonds. The number of amides is 7. The number of fused-ring (bicyclic) bond motifs is 1.